The van der Waals surface area contributed by atoms with E-state index in [1.165, 1.54) is 4.57 Å². The zero-order valence-electron chi connectivity index (χ0n) is 13.0. The molecule has 0 amide bonds. The number of aromatic nitrogens is 2. The molecule has 2 heterocycles. The lowest BCUT2D eigenvalue weighted by Crippen LogP contribution is -2.24. The van der Waals surface area contributed by atoms with E-state index in [4.69, 9.17) is 18.9 Å². The zero-order chi connectivity index (χ0) is 16.9. The molecule has 0 aliphatic rings. The molecule has 0 saturated heterocycles. The van der Waals surface area contributed by atoms with E-state index in [0.29, 0.717) is 5.71 Å². The number of hydrogen-bond donors (Lipinski definition) is 2. The second-order valence-electron chi connectivity index (χ2n) is 5.35. The van der Waals surface area contributed by atoms with Crippen molar-refractivity contribution in [3.05, 3.63) is 28.5 Å². The van der Waals surface area contributed by atoms with Crippen LogP contribution in [0.4, 0.5) is 0 Å². The van der Waals surface area contributed by atoms with Gasteiger partial charge in [0.25, 0.3) is 0 Å². The number of nitrogens with zero attached hydrogens (tertiary/aromatic N) is 2. The second-order valence-corrected chi connectivity index (χ2v) is 6.94. The van der Waals surface area contributed by atoms with E-state index >= 15 is 0 Å². The first-order valence-corrected chi connectivity index (χ1v) is 9.31. The van der Waals surface area contributed by atoms with Crippen molar-refractivity contribution in [2.45, 2.75) is 39.2 Å². The summed E-state index contributed by atoms with van der Waals surface area (Å²) in [5, 5.41) is 0.728. The lowest BCUT2D eigenvalue weighted by molar-refractivity contribution is 0.148. The average molecular weight is 344 g/mol. The largest absolute Gasteiger partial charge is 0.443 e. The topological polar surface area (TPSA) is 115 Å². The van der Waals surface area contributed by atoms with Gasteiger partial charge < -0.3 is 18.9 Å². The SMILES string of the molecule is CCCCCc1cc2cn(CCOCP(=O)(O)O)c(=O)nc2o1. The highest BCUT2D eigenvalue weighted by Crippen LogP contribution is 2.33. The minimum absolute atomic E-state index is 0.0133. The van der Waals surface area contributed by atoms with Crippen molar-refractivity contribution < 1.29 is 23.5 Å². The number of ether oxygens (including phenoxy) is 1. The van der Waals surface area contributed by atoms with Crippen molar-refractivity contribution in [2.75, 3.05) is 13.0 Å². The minimum atomic E-state index is -4.19. The summed E-state index contributed by atoms with van der Waals surface area (Å²) in [6, 6.07) is 1.87. The van der Waals surface area contributed by atoms with Crippen LogP contribution in [0.2, 0.25) is 0 Å². The Kier molecular flexibility index (Phi) is 6.12. The first-order valence-electron chi connectivity index (χ1n) is 7.51. The van der Waals surface area contributed by atoms with Gasteiger partial charge in [-0.15, -0.1) is 0 Å². The smallest absolute Gasteiger partial charge is 0.350 e. The summed E-state index contributed by atoms with van der Waals surface area (Å²) in [6.45, 7) is 2.30. The number of hydrogen-bond acceptors (Lipinski definition) is 5. The predicted octanol–water partition coefficient (Wildman–Crippen LogP) is 1.87. The van der Waals surface area contributed by atoms with Crippen molar-refractivity contribution >= 4 is 18.7 Å². The maximum atomic E-state index is 11.9. The monoisotopic (exact) mass is 344 g/mol. The van der Waals surface area contributed by atoms with E-state index in [2.05, 4.69) is 11.9 Å². The molecule has 0 unspecified atom stereocenters. The molecule has 0 atom stereocenters. The van der Waals surface area contributed by atoms with Crippen LogP contribution in [0.3, 0.4) is 0 Å². The maximum absolute atomic E-state index is 11.9. The maximum Gasteiger partial charge on any atom is 0.350 e. The van der Waals surface area contributed by atoms with Gasteiger partial charge in [0.15, 0.2) is 0 Å². The molecule has 128 valence electrons. The quantitative estimate of drug-likeness (QED) is 0.527. The minimum Gasteiger partial charge on any atom is -0.443 e. The van der Waals surface area contributed by atoms with Crippen LogP contribution in [0.5, 0.6) is 0 Å². The summed E-state index contributed by atoms with van der Waals surface area (Å²) >= 11 is 0. The summed E-state index contributed by atoms with van der Waals surface area (Å²) in [5.41, 5.74) is -0.166. The molecule has 0 fully saturated rings. The van der Waals surface area contributed by atoms with E-state index in [1.54, 1.807) is 6.20 Å². The fourth-order valence-electron chi connectivity index (χ4n) is 2.18. The van der Waals surface area contributed by atoms with Crippen LogP contribution in [-0.4, -0.2) is 32.3 Å². The average Bonchev–Trinajstić information content (AvgIpc) is 2.84. The van der Waals surface area contributed by atoms with E-state index in [-0.39, 0.29) is 13.2 Å². The molecule has 2 rings (SSSR count). The van der Waals surface area contributed by atoms with Crippen LogP contribution in [0.1, 0.15) is 31.9 Å². The molecule has 0 aliphatic carbocycles. The molecule has 2 aromatic rings. The van der Waals surface area contributed by atoms with E-state index in [1.807, 2.05) is 6.07 Å². The fourth-order valence-corrected chi connectivity index (χ4v) is 2.55. The van der Waals surface area contributed by atoms with E-state index < -0.39 is 19.6 Å². The molecule has 8 nitrogen and oxygen atoms in total. The van der Waals surface area contributed by atoms with Crippen LogP contribution in [0.15, 0.2) is 21.5 Å². The first kappa shape index (κ1) is 17.9. The van der Waals surface area contributed by atoms with Crippen molar-refractivity contribution in [2.24, 2.45) is 0 Å². The van der Waals surface area contributed by atoms with Gasteiger partial charge in [0, 0.05) is 12.6 Å². The first-order chi connectivity index (χ1) is 10.9. The molecule has 0 spiro atoms. The number of aryl methyl sites for hydroxylation is 1. The van der Waals surface area contributed by atoms with Crippen LogP contribution in [0.25, 0.3) is 11.1 Å². The van der Waals surface area contributed by atoms with E-state index in [0.717, 1.165) is 36.8 Å². The number of fused-ring (bicyclic) bond motifs is 1. The van der Waals surface area contributed by atoms with Gasteiger partial charge in [-0.3, -0.25) is 9.13 Å². The highest BCUT2D eigenvalue weighted by Gasteiger charge is 2.13. The Hall–Kier alpha value is -1.47. The second kappa shape index (κ2) is 7.88. The summed E-state index contributed by atoms with van der Waals surface area (Å²) < 4.78 is 22.4. The lowest BCUT2D eigenvalue weighted by Gasteiger charge is -2.07. The van der Waals surface area contributed by atoms with Gasteiger partial charge in [0.2, 0.25) is 5.71 Å². The molecule has 0 radical (unpaired) electrons. The van der Waals surface area contributed by atoms with Crippen molar-refractivity contribution in [1.82, 2.24) is 9.55 Å². The third-order valence-electron chi connectivity index (χ3n) is 3.29. The van der Waals surface area contributed by atoms with Gasteiger partial charge >= 0.3 is 13.3 Å². The Morgan fingerprint density at radius 2 is 2.17 bits per heavy atom. The Balaban J connectivity index is 2.02. The zero-order valence-corrected chi connectivity index (χ0v) is 13.9. The Morgan fingerprint density at radius 1 is 1.39 bits per heavy atom. The molecule has 0 aromatic carbocycles. The van der Waals surface area contributed by atoms with Crippen molar-refractivity contribution in [3.63, 3.8) is 0 Å². The van der Waals surface area contributed by atoms with Crippen LogP contribution in [0, 0.1) is 0 Å². The van der Waals surface area contributed by atoms with Crippen molar-refractivity contribution in [1.29, 1.82) is 0 Å². The molecule has 23 heavy (non-hydrogen) atoms. The molecular weight excluding hydrogens is 323 g/mol. The third-order valence-corrected chi connectivity index (χ3v) is 3.81. The van der Waals surface area contributed by atoms with Gasteiger partial charge in [0.1, 0.15) is 12.1 Å². The fraction of sp³-hybridized carbons (Fsp3) is 0.571. The summed E-state index contributed by atoms with van der Waals surface area (Å²) in [4.78, 5) is 33.2. The summed E-state index contributed by atoms with van der Waals surface area (Å²) in [6.07, 6.45) is 5.04. The highest BCUT2D eigenvalue weighted by atomic mass is 31.2. The standard InChI is InChI=1S/C14H21N2O6P/c1-2-3-4-5-12-8-11-9-16(14(17)15-13(11)22-12)6-7-21-10-23(18,19)20/h8-9H,2-7,10H2,1H3,(H2,18,19,20). The summed E-state index contributed by atoms with van der Waals surface area (Å²) in [7, 11) is -4.19. The predicted molar refractivity (Wildman–Crippen MR) is 84.4 cm³/mol. The third kappa shape index (κ3) is 5.58. The van der Waals surface area contributed by atoms with Crippen LogP contribution in [-0.2, 0) is 22.3 Å². The lowest BCUT2D eigenvalue weighted by atomic mass is 10.2. The highest BCUT2D eigenvalue weighted by molar-refractivity contribution is 7.51. The number of furan rings is 1. The molecule has 2 N–H and O–H groups in total. The molecule has 0 bridgehead atoms. The molecule has 0 saturated carbocycles. The van der Waals surface area contributed by atoms with Gasteiger partial charge in [-0.25, -0.2) is 4.79 Å². The van der Waals surface area contributed by atoms with Crippen LogP contribution < -0.4 is 5.69 Å². The Labute approximate surface area is 133 Å². The van der Waals surface area contributed by atoms with Crippen molar-refractivity contribution in [3.8, 4) is 0 Å². The molecule has 0 aliphatic heterocycles. The van der Waals surface area contributed by atoms with Gasteiger partial charge in [-0.1, -0.05) is 19.8 Å². The Bertz CT molecular complexity index is 747. The molecule has 2 aromatic heterocycles. The van der Waals surface area contributed by atoms with Crippen LogP contribution >= 0.6 is 7.60 Å². The number of rotatable bonds is 9. The molecule has 9 heteroatoms. The van der Waals surface area contributed by atoms with E-state index in [9.17, 15) is 9.36 Å². The summed E-state index contributed by atoms with van der Waals surface area (Å²) in [5.74, 6) is 0.802. The van der Waals surface area contributed by atoms with Gasteiger partial charge in [-0.05, 0) is 12.5 Å². The van der Waals surface area contributed by atoms with Gasteiger partial charge in [0.05, 0.1) is 18.5 Å². The Morgan fingerprint density at radius 3 is 2.87 bits per heavy atom. The molecular formula is C14H21N2O6P. The number of unbranched alkanes of at least 4 members (excludes halogenated alkanes) is 2. The normalized spacial score (nSPS) is 12.1. The van der Waals surface area contributed by atoms with Gasteiger partial charge in [-0.2, -0.15) is 4.98 Å².